The van der Waals surface area contributed by atoms with Crippen molar-refractivity contribution in [2.45, 2.75) is 78.6 Å². The van der Waals surface area contributed by atoms with Crippen LogP contribution in [0.15, 0.2) is 0 Å². The van der Waals surface area contributed by atoms with Gasteiger partial charge in [0.05, 0.1) is 5.92 Å². The molecule has 0 aromatic rings. The van der Waals surface area contributed by atoms with Gasteiger partial charge >= 0.3 is 5.97 Å². The van der Waals surface area contributed by atoms with E-state index in [1.807, 2.05) is 6.92 Å². The van der Waals surface area contributed by atoms with Crippen LogP contribution in [-0.4, -0.2) is 12.6 Å². The van der Waals surface area contributed by atoms with Crippen LogP contribution in [0, 0.1) is 29.6 Å². The summed E-state index contributed by atoms with van der Waals surface area (Å²) in [7, 11) is 0. The van der Waals surface area contributed by atoms with Gasteiger partial charge in [0.25, 0.3) is 0 Å². The van der Waals surface area contributed by atoms with Gasteiger partial charge < -0.3 is 4.74 Å². The Bertz CT molecular complexity index is 389. The highest BCUT2D eigenvalue weighted by atomic mass is 16.5. The first-order chi connectivity index (χ1) is 10.2. The zero-order chi connectivity index (χ0) is 15.8. The summed E-state index contributed by atoms with van der Waals surface area (Å²) in [5.74, 6) is 11.3. The minimum Gasteiger partial charge on any atom is -0.464 e. The van der Waals surface area contributed by atoms with Crippen molar-refractivity contribution in [3.8, 4) is 23.7 Å². The summed E-state index contributed by atoms with van der Waals surface area (Å²) in [5, 5.41) is 0. The first-order valence-electron chi connectivity index (χ1n) is 8.32. The fraction of sp³-hybridized carbons (Fsp3) is 0.737. The van der Waals surface area contributed by atoms with E-state index in [-0.39, 0.29) is 16.2 Å². The number of esters is 1. The van der Waals surface area contributed by atoms with E-state index in [9.17, 15) is 4.79 Å². The minimum atomic E-state index is -0.0922. The molecule has 124 valence electrons. The van der Waals surface area contributed by atoms with Crippen molar-refractivity contribution in [2.24, 2.45) is 5.92 Å². The molecule has 0 aliphatic heterocycles. The quantitative estimate of drug-likeness (QED) is 0.287. The molecule has 0 bridgehead atoms. The van der Waals surface area contributed by atoms with Gasteiger partial charge in [-0.25, -0.2) is 0 Å². The van der Waals surface area contributed by atoms with Gasteiger partial charge in [-0.2, -0.15) is 0 Å². The van der Waals surface area contributed by atoms with Crippen LogP contribution >= 0.6 is 0 Å². The zero-order valence-corrected chi connectivity index (χ0v) is 14.0. The Morgan fingerprint density at radius 2 is 1.71 bits per heavy atom. The van der Waals surface area contributed by atoms with E-state index >= 15 is 0 Å². The van der Waals surface area contributed by atoms with Crippen molar-refractivity contribution in [3.05, 3.63) is 0 Å². The summed E-state index contributed by atoms with van der Waals surface area (Å²) in [6.07, 6.45) is 9.91. The summed E-state index contributed by atoms with van der Waals surface area (Å²) in [6.45, 7) is 6.42. The maximum absolute atomic E-state index is 11.6. The van der Waals surface area contributed by atoms with Crippen molar-refractivity contribution in [3.63, 3.8) is 0 Å². The second kappa shape index (κ2) is 15.0. The predicted octanol–water partition coefficient (Wildman–Crippen LogP) is 5.46. The van der Waals surface area contributed by atoms with Crippen LogP contribution < -0.4 is 0 Å². The van der Waals surface area contributed by atoms with Crippen molar-refractivity contribution >= 4 is 5.97 Å². The molecule has 21 heavy (non-hydrogen) atoms. The molecule has 0 N–H and O–H groups in total. The van der Waals surface area contributed by atoms with Crippen LogP contribution in [0.25, 0.3) is 0 Å². The Morgan fingerprint density at radius 1 is 1.05 bits per heavy atom. The number of rotatable bonds is 11. The van der Waals surface area contributed by atoms with Crippen LogP contribution in [0.3, 0.4) is 0 Å². The van der Waals surface area contributed by atoms with Crippen molar-refractivity contribution < 1.29 is 13.8 Å². The molecule has 0 aliphatic carbocycles. The van der Waals surface area contributed by atoms with Gasteiger partial charge in [0.2, 0.25) is 0 Å². The van der Waals surface area contributed by atoms with Crippen LogP contribution in [-0.2, 0) is 9.53 Å². The van der Waals surface area contributed by atoms with E-state index in [4.69, 9.17) is 4.74 Å². The van der Waals surface area contributed by atoms with E-state index in [1.54, 1.807) is 6.92 Å². The van der Waals surface area contributed by atoms with Crippen LogP contribution in [0.5, 0.6) is 0 Å². The van der Waals surface area contributed by atoms with Crippen molar-refractivity contribution in [2.75, 3.05) is 6.61 Å². The number of hydrogen-bond donors (Lipinski definition) is 0. The molecule has 0 spiro atoms. The molecule has 2 nitrogen and oxygen atoms in total. The molecule has 0 radical (unpaired) electrons. The first kappa shape index (κ1) is 19.6. The largest absolute Gasteiger partial charge is 0.464 e. The van der Waals surface area contributed by atoms with E-state index in [0.29, 0.717) is 13.0 Å². The fourth-order valence-electron chi connectivity index (χ4n) is 1.95. The Labute approximate surface area is 135 Å². The van der Waals surface area contributed by atoms with E-state index < -0.39 is 0 Å². The lowest BCUT2D eigenvalue weighted by Gasteiger charge is -2.09. The summed E-state index contributed by atoms with van der Waals surface area (Å²) < 4.78 is 5.28. The second-order valence-corrected chi connectivity index (χ2v) is 5.30. The molecule has 0 aromatic carbocycles. The molecule has 0 fully saturated rings. The molecule has 0 saturated carbocycles. The SMILES string of the molecule is CC#CC#CC(CC)COC(=O)CCCCCCCCC.[HH].[HH].[HH]. The Morgan fingerprint density at radius 3 is 2.33 bits per heavy atom. The number of hydrogen-bond acceptors (Lipinski definition) is 2. The van der Waals surface area contributed by atoms with E-state index in [0.717, 1.165) is 19.3 Å². The van der Waals surface area contributed by atoms with Gasteiger partial charge in [-0.1, -0.05) is 64.2 Å². The zero-order valence-electron chi connectivity index (χ0n) is 14.0. The maximum Gasteiger partial charge on any atom is 0.305 e. The summed E-state index contributed by atoms with van der Waals surface area (Å²) in [6, 6.07) is 0. The fourth-order valence-corrected chi connectivity index (χ4v) is 1.95. The van der Waals surface area contributed by atoms with E-state index in [2.05, 4.69) is 30.6 Å². The second-order valence-electron chi connectivity index (χ2n) is 5.30. The topological polar surface area (TPSA) is 26.3 Å². The molecule has 0 heterocycles. The van der Waals surface area contributed by atoms with Crippen molar-refractivity contribution in [1.82, 2.24) is 0 Å². The smallest absolute Gasteiger partial charge is 0.305 e. The normalized spacial score (nSPS) is 10.8. The predicted molar refractivity (Wildman–Crippen MR) is 94.9 cm³/mol. The van der Waals surface area contributed by atoms with Gasteiger partial charge in [-0.3, -0.25) is 4.79 Å². The van der Waals surface area contributed by atoms with Gasteiger partial charge in [0.1, 0.15) is 6.61 Å². The molecule has 0 saturated heterocycles. The molecule has 0 aliphatic rings. The standard InChI is InChI=1S/C19H30O2.3H2/c1-4-7-9-10-11-12-14-16-19(20)21-17-18(6-3)15-13-8-5-2;;;/h18H,4,6-7,9-12,14,16-17H2,1-3H3;3*1H. The number of carbonyl (C=O) groups is 1. The number of unbranched alkanes of at least 4 members (excludes halogenated alkanes) is 6. The summed E-state index contributed by atoms with van der Waals surface area (Å²) in [5.41, 5.74) is 0. The van der Waals surface area contributed by atoms with Crippen LogP contribution in [0.1, 0.15) is 82.8 Å². The van der Waals surface area contributed by atoms with E-state index in [1.165, 1.54) is 32.1 Å². The highest BCUT2D eigenvalue weighted by Crippen LogP contribution is 2.09. The van der Waals surface area contributed by atoms with Crippen LogP contribution in [0.2, 0.25) is 0 Å². The number of carbonyl (C=O) groups excluding carboxylic acids is 1. The van der Waals surface area contributed by atoms with Crippen LogP contribution in [0.4, 0.5) is 0 Å². The first-order valence-corrected chi connectivity index (χ1v) is 8.32. The maximum atomic E-state index is 11.6. The molecule has 1 atom stereocenters. The molecule has 2 heteroatoms. The average Bonchev–Trinajstić information content (AvgIpc) is 2.49. The molecule has 0 rings (SSSR count). The van der Waals surface area contributed by atoms with Gasteiger partial charge in [0.15, 0.2) is 0 Å². The van der Waals surface area contributed by atoms with Gasteiger partial charge in [-0.15, -0.1) is 0 Å². The third-order valence-corrected chi connectivity index (χ3v) is 3.39. The third-order valence-electron chi connectivity index (χ3n) is 3.39. The highest BCUT2D eigenvalue weighted by molar-refractivity contribution is 5.69. The highest BCUT2D eigenvalue weighted by Gasteiger charge is 2.07. The lowest BCUT2D eigenvalue weighted by Crippen LogP contribution is -2.12. The van der Waals surface area contributed by atoms with Gasteiger partial charge in [-0.05, 0) is 31.6 Å². The third kappa shape index (κ3) is 13.3. The lowest BCUT2D eigenvalue weighted by molar-refractivity contribution is -0.144. The molecular weight excluding hydrogens is 260 g/mol. The van der Waals surface area contributed by atoms with Gasteiger partial charge in [0, 0.05) is 10.7 Å². The molecule has 0 aromatic heterocycles. The Kier molecular flexibility index (Phi) is 14.0. The summed E-state index contributed by atoms with van der Waals surface area (Å²) in [4.78, 5) is 11.6. The molecular formula is C19H36O2. The van der Waals surface area contributed by atoms with Crippen molar-refractivity contribution in [1.29, 1.82) is 0 Å². The number of ether oxygens (including phenoxy) is 1. The minimum absolute atomic E-state index is 0. The lowest BCUT2D eigenvalue weighted by atomic mass is 10.1. The molecule has 1 unspecified atom stereocenters. The monoisotopic (exact) mass is 296 g/mol. The Balaban J connectivity index is -0.000000667. The summed E-state index contributed by atoms with van der Waals surface area (Å²) >= 11 is 0. The average molecular weight is 296 g/mol. The molecule has 0 amide bonds. The Hall–Kier alpha value is -1.41.